The van der Waals surface area contributed by atoms with Crippen LogP contribution in [0.2, 0.25) is 0 Å². The predicted octanol–water partition coefficient (Wildman–Crippen LogP) is 3.55. The summed E-state index contributed by atoms with van der Waals surface area (Å²) in [6.07, 6.45) is 2.88. The van der Waals surface area contributed by atoms with E-state index in [-0.39, 0.29) is 12.2 Å². The SMILES string of the molecule is CCCc1nc2ccc(Br)cc2c(=O)n1N=Cc1cccc(OC)c1OCC(=O)OC. The van der Waals surface area contributed by atoms with Crippen molar-refractivity contribution in [3.8, 4) is 11.5 Å². The summed E-state index contributed by atoms with van der Waals surface area (Å²) >= 11 is 3.39. The fourth-order valence-electron chi connectivity index (χ4n) is 2.96. The third-order valence-corrected chi connectivity index (χ3v) is 4.95. The minimum Gasteiger partial charge on any atom is -0.493 e. The van der Waals surface area contributed by atoms with Crippen LogP contribution in [0.15, 0.2) is 50.8 Å². The number of benzene rings is 2. The lowest BCUT2D eigenvalue weighted by Crippen LogP contribution is -2.22. The molecule has 0 fully saturated rings. The van der Waals surface area contributed by atoms with Crippen LogP contribution in [0.5, 0.6) is 11.5 Å². The van der Waals surface area contributed by atoms with Gasteiger partial charge in [-0.15, -0.1) is 0 Å². The van der Waals surface area contributed by atoms with Gasteiger partial charge in [0, 0.05) is 16.5 Å². The van der Waals surface area contributed by atoms with Gasteiger partial charge < -0.3 is 14.2 Å². The van der Waals surface area contributed by atoms with Gasteiger partial charge in [-0.05, 0) is 36.8 Å². The molecule has 1 heterocycles. The highest BCUT2D eigenvalue weighted by Crippen LogP contribution is 2.30. The van der Waals surface area contributed by atoms with Crippen molar-refractivity contribution in [3.63, 3.8) is 0 Å². The fourth-order valence-corrected chi connectivity index (χ4v) is 3.32. The molecular formula is C22H22BrN3O5. The highest BCUT2D eigenvalue weighted by Gasteiger charge is 2.14. The molecule has 0 bridgehead atoms. The average molecular weight is 488 g/mol. The summed E-state index contributed by atoms with van der Waals surface area (Å²) < 4.78 is 17.6. The van der Waals surface area contributed by atoms with Crippen molar-refractivity contribution in [1.29, 1.82) is 0 Å². The van der Waals surface area contributed by atoms with Gasteiger partial charge in [0.25, 0.3) is 5.56 Å². The molecule has 0 aliphatic rings. The lowest BCUT2D eigenvalue weighted by atomic mass is 10.2. The van der Waals surface area contributed by atoms with Gasteiger partial charge in [-0.2, -0.15) is 9.78 Å². The van der Waals surface area contributed by atoms with Crippen molar-refractivity contribution < 1.29 is 19.0 Å². The molecule has 0 radical (unpaired) electrons. The lowest BCUT2D eigenvalue weighted by Gasteiger charge is -2.13. The number of hydrogen-bond acceptors (Lipinski definition) is 7. The third kappa shape index (κ3) is 5.11. The normalized spacial score (nSPS) is 11.1. The number of esters is 1. The first-order valence-corrected chi connectivity index (χ1v) is 10.4. The number of nitrogens with zero attached hydrogens (tertiary/aromatic N) is 3. The van der Waals surface area contributed by atoms with Crippen LogP contribution in [0.25, 0.3) is 10.9 Å². The van der Waals surface area contributed by atoms with E-state index in [4.69, 9.17) is 9.47 Å². The Bertz CT molecular complexity index is 1190. The zero-order valence-corrected chi connectivity index (χ0v) is 19.0. The molecule has 0 unspecified atom stereocenters. The summed E-state index contributed by atoms with van der Waals surface area (Å²) in [5.41, 5.74) is 0.879. The van der Waals surface area contributed by atoms with Crippen molar-refractivity contribution in [3.05, 3.63) is 62.6 Å². The van der Waals surface area contributed by atoms with Crippen molar-refractivity contribution in [2.75, 3.05) is 20.8 Å². The largest absolute Gasteiger partial charge is 0.493 e. The molecule has 0 saturated heterocycles. The van der Waals surface area contributed by atoms with Crippen LogP contribution in [0.1, 0.15) is 24.7 Å². The molecule has 0 saturated carbocycles. The van der Waals surface area contributed by atoms with Gasteiger partial charge in [0.05, 0.1) is 31.3 Å². The van der Waals surface area contributed by atoms with Crippen LogP contribution < -0.4 is 15.0 Å². The van der Waals surface area contributed by atoms with E-state index in [1.54, 1.807) is 30.3 Å². The molecule has 3 rings (SSSR count). The molecule has 3 aromatic rings. The first-order valence-electron chi connectivity index (χ1n) is 9.60. The molecule has 162 valence electrons. The number of carbonyl (C=O) groups is 1. The molecule has 0 atom stereocenters. The molecule has 31 heavy (non-hydrogen) atoms. The number of hydrogen-bond donors (Lipinski definition) is 0. The topological polar surface area (TPSA) is 92.0 Å². The van der Waals surface area contributed by atoms with Gasteiger partial charge in [0.1, 0.15) is 5.82 Å². The average Bonchev–Trinajstić information content (AvgIpc) is 2.78. The minimum absolute atomic E-state index is 0.272. The maximum atomic E-state index is 13.1. The van der Waals surface area contributed by atoms with Crippen LogP contribution in [0, 0.1) is 0 Å². The number of para-hydroxylation sites is 1. The number of aryl methyl sites for hydroxylation is 1. The van der Waals surface area contributed by atoms with Crippen LogP contribution >= 0.6 is 15.9 Å². The van der Waals surface area contributed by atoms with Crippen LogP contribution in [0.3, 0.4) is 0 Å². The lowest BCUT2D eigenvalue weighted by molar-refractivity contribution is -0.142. The third-order valence-electron chi connectivity index (χ3n) is 4.45. The number of rotatable bonds is 8. The monoisotopic (exact) mass is 487 g/mol. The van der Waals surface area contributed by atoms with Crippen molar-refractivity contribution in [2.45, 2.75) is 19.8 Å². The second-order valence-corrected chi connectivity index (χ2v) is 7.46. The summed E-state index contributed by atoms with van der Waals surface area (Å²) in [7, 11) is 2.78. The van der Waals surface area contributed by atoms with E-state index in [1.807, 2.05) is 13.0 Å². The van der Waals surface area contributed by atoms with Crippen molar-refractivity contribution in [2.24, 2.45) is 5.10 Å². The highest BCUT2D eigenvalue weighted by molar-refractivity contribution is 9.10. The number of ether oxygens (including phenoxy) is 3. The molecule has 0 N–H and O–H groups in total. The summed E-state index contributed by atoms with van der Waals surface area (Å²) in [5.74, 6) is 0.772. The Morgan fingerprint density at radius 2 is 2.06 bits per heavy atom. The summed E-state index contributed by atoms with van der Waals surface area (Å²) in [6.45, 7) is 1.72. The number of carbonyl (C=O) groups excluding carboxylic acids is 1. The Labute approximate surface area is 187 Å². The number of aromatic nitrogens is 2. The van der Waals surface area contributed by atoms with Gasteiger partial charge >= 0.3 is 5.97 Å². The van der Waals surface area contributed by atoms with E-state index in [0.29, 0.717) is 40.2 Å². The first-order chi connectivity index (χ1) is 15.0. The highest BCUT2D eigenvalue weighted by atomic mass is 79.9. The van der Waals surface area contributed by atoms with Gasteiger partial charge in [0.15, 0.2) is 18.1 Å². The summed E-state index contributed by atoms with van der Waals surface area (Å²) in [5, 5.41) is 4.86. The Hall–Kier alpha value is -3.20. The zero-order chi connectivity index (χ0) is 22.4. The Balaban J connectivity index is 2.08. The summed E-state index contributed by atoms with van der Waals surface area (Å²) in [6, 6.07) is 10.6. The molecule has 0 spiro atoms. The molecule has 0 aliphatic carbocycles. The Kier molecular flexibility index (Phi) is 7.41. The predicted molar refractivity (Wildman–Crippen MR) is 121 cm³/mol. The van der Waals surface area contributed by atoms with Crippen LogP contribution in [0.4, 0.5) is 0 Å². The van der Waals surface area contributed by atoms with Crippen molar-refractivity contribution >= 4 is 39.0 Å². The van der Waals surface area contributed by atoms with E-state index >= 15 is 0 Å². The van der Waals surface area contributed by atoms with Crippen LogP contribution in [-0.2, 0) is 16.0 Å². The smallest absolute Gasteiger partial charge is 0.343 e. The number of fused-ring (bicyclic) bond motifs is 1. The Morgan fingerprint density at radius 1 is 1.26 bits per heavy atom. The molecule has 0 aliphatic heterocycles. The minimum atomic E-state index is -0.528. The Morgan fingerprint density at radius 3 is 2.77 bits per heavy atom. The molecule has 0 amide bonds. The van der Waals surface area contributed by atoms with E-state index in [0.717, 1.165) is 10.9 Å². The molecule has 8 nitrogen and oxygen atoms in total. The maximum absolute atomic E-state index is 13.1. The fraction of sp³-hybridized carbons (Fsp3) is 0.273. The molecule has 9 heteroatoms. The van der Waals surface area contributed by atoms with Gasteiger partial charge in [0.2, 0.25) is 0 Å². The first kappa shape index (κ1) is 22.5. The van der Waals surface area contributed by atoms with E-state index in [1.165, 1.54) is 25.1 Å². The van der Waals surface area contributed by atoms with E-state index in [9.17, 15) is 9.59 Å². The second-order valence-electron chi connectivity index (χ2n) is 6.54. The standard InChI is InChI=1S/C22H22BrN3O5/c1-4-6-19-25-17-10-9-15(23)11-16(17)22(28)26(19)24-12-14-7-5-8-18(29-2)21(14)31-13-20(27)30-3/h5,7-12H,4,6,13H2,1-3H3. The van der Waals surface area contributed by atoms with Crippen LogP contribution in [-0.4, -0.2) is 42.7 Å². The van der Waals surface area contributed by atoms with Gasteiger partial charge in [-0.1, -0.05) is 28.9 Å². The summed E-state index contributed by atoms with van der Waals surface area (Å²) in [4.78, 5) is 29.3. The van der Waals surface area contributed by atoms with Gasteiger partial charge in [-0.25, -0.2) is 9.78 Å². The van der Waals surface area contributed by atoms with Gasteiger partial charge in [-0.3, -0.25) is 4.79 Å². The van der Waals surface area contributed by atoms with E-state index < -0.39 is 5.97 Å². The number of methoxy groups -OCH3 is 2. The zero-order valence-electron chi connectivity index (χ0n) is 17.4. The van der Waals surface area contributed by atoms with E-state index in [2.05, 4.69) is 30.8 Å². The molecule has 1 aromatic heterocycles. The second kappa shape index (κ2) is 10.2. The molecule has 2 aromatic carbocycles. The maximum Gasteiger partial charge on any atom is 0.343 e. The van der Waals surface area contributed by atoms with Crippen molar-refractivity contribution in [1.82, 2.24) is 9.66 Å². The quantitative estimate of drug-likeness (QED) is 0.356. The number of halogens is 1. The molecular weight excluding hydrogens is 466 g/mol.